The zero-order valence-electron chi connectivity index (χ0n) is 25.6. The van der Waals surface area contributed by atoms with Crippen molar-refractivity contribution < 1.29 is 8.32 Å². The summed E-state index contributed by atoms with van der Waals surface area (Å²) in [5.74, 6) is 0. The van der Waals surface area contributed by atoms with Crippen LogP contribution in [-0.2, 0) is 8.32 Å². The second-order valence-electron chi connectivity index (χ2n) is 13.5. The van der Waals surface area contributed by atoms with Crippen molar-refractivity contribution in [2.24, 2.45) is 0 Å². The minimum atomic E-state index is -3.74. The molecule has 212 valence electrons. The van der Waals surface area contributed by atoms with Crippen molar-refractivity contribution in [3.63, 3.8) is 0 Å². The van der Waals surface area contributed by atoms with E-state index in [0.29, 0.717) is 0 Å². The van der Waals surface area contributed by atoms with E-state index in [2.05, 4.69) is 140 Å². The van der Waals surface area contributed by atoms with Gasteiger partial charge in [0.15, 0.2) is 0 Å². The van der Waals surface area contributed by atoms with Crippen LogP contribution in [0.15, 0.2) is 60.7 Å². The predicted octanol–water partition coefficient (Wildman–Crippen LogP) is 5.69. The normalized spacial score (nSPS) is 19.2. The van der Waals surface area contributed by atoms with Gasteiger partial charge in [-0.2, -0.15) is 0 Å². The molecule has 1 heterocycles. The summed E-state index contributed by atoms with van der Waals surface area (Å²) in [4.78, 5) is 4.58. The summed E-state index contributed by atoms with van der Waals surface area (Å²) in [7, 11) is 5.61. The number of hydrogen-bond donors (Lipinski definition) is 0. The SMILES string of the molecule is CN(C)CC[CH2][Sn]1([CH2]CCN(C)C)[O][Si](c2ccccc2)(c2ccccc2)[O][Ge]([C](C)(C)C)([C](C)(C)C)[O]1. The average Bonchev–Trinajstić information content (AvgIpc) is 2.83. The van der Waals surface area contributed by atoms with Crippen molar-refractivity contribution >= 4 is 52.1 Å². The van der Waals surface area contributed by atoms with Crippen molar-refractivity contribution in [1.82, 2.24) is 9.80 Å². The Morgan fingerprint density at radius 3 is 1.42 bits per heavy atom. The van der Waals surface area contributed by atoms with Crippen LogP contribution in [0.2, 0.25) is 17.4 Å². The fraction of sp³-hybridized carbons (Fsp3) is 0.600. The van der Waals surface area contributed by atoms with E-state index in [1.807, 2.05) is 0 Å². The molecular weight excluding hydrogens is 656 g/mol. The number of rotatable bonds is 10. The molecule has 5 nitrogen and oxygen atoms in total. The van der Waals surface area contributed by atoms with E-state index in [4.69, 9.17) is 8.32 Å². The van der Waals surface area contributed by atoms with Gasteiger partial charge in [0.2, 0.25) is 0 Å². The molecule has 3 rings (SSSR count). The molecule has 1 aliphatic rings. The van der Waals surface area contributed by atoms with Gasteiger partial charge >= 0.3 is 244 Å². The van der Waals surface area contributed by atoms with Crippen LogP contribution < -0.4 is 10.4 Å². The Labute approximate surface area is 242 Å². The average molecular weight is 708 g/mol. The molecule has 1 fully saturated rings. The molecule has 0 amide bonds. The molecule has 1 saturated heterocycles. The van der Waals surface area contributed by atoms with E-state index in [1.54, 1.807) is 0 Å². The molecular formula is C30H52GeN2O3SiSn. The third kappa shape index (κ3) is 7.16. The molecule has 0 aliphatic carbocycles. The Morgan fingerprint density at radius 1 is 0.684 bits per heavy atom. The molecule has 0 radical (unpaired) electrons. The molecule has 8 heteroatoms. The Hall–Kier alpha value is -0.202. The quantitative estimate of drug-likeness (QED) is 0.297. The van der Waals surface area contributed by atoms with Gasteiger partial charge in [0.25, 0.3) is 0 Å². The van der Waals surface area contributed by atoms with E-state index in [-0.39, 0.29) is 8.49 Å². The van der Waals surface area contributed by atoms with E-state index < -0.39 is 41.7 Å². The van der Waals surface area contributed by atoms with Crippen molar-refractivity contribution in [2.75, 3.05) is 41.3 Å². The van der Waals surface area contributed by atoms with Gasteiger partial charge in [-0.15, -0.1) is 0 Å². The van der Waals surface area contributed by atoms with Gasteiger partial charge in [0.05, 0.1) is 0 Å². The fourth-order valence-corrected chi connectivity index (χ4v) is 64.4. The van der Waals surface area contributed by atoms with Crippen molar-refractivity contribution in [1.29, 1.82) is 0 Å². The summed E-state index contributed by atoms with van der Waals surface area (Å²) in [6, 6.07) is 21.8. The number of benzene rings is 2. The van der Waals surface area contributed by atoms with Gasteiger partial charge in [-0.05, 0) is 0 Å². The first-order valence-corrected chi connectivity index (χ1v) is 26.2. The first-order chi connectivity index (χ1) is 17.7. The molecule has 0 N–H and O–H groups in total. The van der Waals surface area contributed by atoms with Gasteiger partial charge in [0, 0.05) is 0 Å². The molecule has 0 unspecified atom stereocenters. The van der Waals surface area contributed by atoms with Crippen molar-refractivity contribution in [3.8, 4) is 0 Å². The van der Waals surface area contributed by atoms with Gasteiger partial charge in [0.1, 0.15) is 0 Å². The van der Waals surface area contributed by atoms with Crippen molar-refractivity contribution in [3.05, 3.63) is 60.7 Å². The van der Waals surface area contributed by atoms with Gasteiger partial charge in [-0.1, -0.05) is 0 Å². The maximum absolute atomic E-state index is 7.80. The molecule has 1 aliphatic heterocycles. The van der Waals surface area contributed by atoms with Crippen LogP contribution in [0.4, 0.5) is 0 Å². The Kier molecular flexibility index (Phi) is 10.8. The standard InChI is InChI=1S/C20H28GeO3Si.2C5H12N.Sn/c1-19(2,3)21(22,20(4,5)6)24-25(23,17-13-9-7-10-14-17)18-15-11-8-12-16-18;2*1-4-5-6(2)3;/h7-16H,1-6H3;2*1,4-5H2,2-3H3;/q-2;;;+2. The van der Waals surface area contributed by atoms with Crippen LogP contribution in [0.3, 0.4) is 0 Å². The second-order valence-corrected chi connectivity index (χ2v) is 39.7. The van der Waals surface area contributed by atoms with Gasteiger partial charge in [-0.3, -0.25) is 0 Å². The van der Waals surface area contributed by atoms with Crippen LogP contribution in [0.5, 0.6) is 0 Å². The van der Waals surface area contributed by atoms with Crippen LogP contribution in [0, 0.1) is 0 Å². The Bertz CT molecular complexity index is 942. The van der Waals surface area contributed by atoms with Crippen LogP contribution >= 0.6 is 0 Å². The summed E-state index contributed by atoms with van der Waals surface area (Å²) in [5.41, 5.74) is 0. The molecule has 2 aromatic rings. The molecule has 0 atom stereocenters. The van der Waals surface area contributed by atoms with Crippen molar-refractivity contribution in [2.45, 2.75) is 71.8 Å². The molecule has 0 spiro atoms. The maximum atomic E-state index is 7.80. The zero-order valence-corrected chi connectivity index (χ0v) is 31.6. The second kappa shape index (κ2) is 12.8. The minimum absolute atomic E-state index is 0.0743. The molecule has 2 aromatic carbocycles. The summed E-state index contributed by atoms with van der Waals surface area (Å²) in [6.07, 6.45) is 2.21. The van der Waals surface area contributed by atoms with E-state index in [9.17, 15) is 0 Å². The topological polar surface area (TPSA) is 34.2 Å². The fourth-order valence-electron chi connectivity index (χ4n) is 5.90. The molecule has 0 bridgehead atoms. The summed E-state index contributed by atoms with van der Waals surface area (Å²) in [6.45, 7) is 16.3. The number of nitrogens with zero attached hydrogens (tertiary/aromatic N) is 2. The van der Waals surface area contributed by atoms with Crippen LogP contribution in [-0.4, -0.2) is 92.8 Å². The summed E-state index contributed by atoms with van der Waals surface area (Å²) in [5, 5.41) is 2.44. The van der Waals surface area contributed by atoms with E-state index in [0.717, 1.165) is 34.8 Å². The Balaban J connectivity index is 2.32. The van der Waals surface area contributed by atoms with Crippen LogP contribution in [0.1, 0.15) is 54.4 Å². The first-order valence-electron chi connectivity index (χ1n) is 14.2. The molecule has 0 saturated carbocycles. The molecule has 38 heavy (non-hydrogen) atoms. The third-order valence-electron chi connectivity index (χ3n) is 7.56. The predicted molar refractivity (Wildman–Crippen MR) is 168 cm³/mol. The Morgan fingerprint density at radius 2 is 1.08 bits per heavy atom. The van der Waals surface area contributed by atoms with Gasteiger partial charge in [-0.25, -0.2) is 0 Å². The van der Waals surface area contributed by atoms with E-state index in [1.165, 1.54) is 10.4 Å². The number of hydrogen-bond acceptors (Lipinski definition) is 5. The third-order valence-corrected chi connectivity index (χ3v) is 46.1. The van der Waals surface area contributed by atoms with Crippen LogP contribution in [0.25, 0.3) is 0 Å². The summed E-state index contributed by atoms with van der Waals surface area (Å²) < 4.78 is 25.3. The monoisotopic (exact) mass is 710 g/mol. The van der Waals surface area contributed by atoms with Gasteiger partial charge < -0.3 is 0 Å². The first kappa shape index (κ1) is 32.3. The zero-order chi connectivity index (χ0) is 28.2. The summed E-state index contributed by atoms with van der Waals surface area (Å²) >= 11 is -7.34. The molecule has 0 aromatic heterocycles. The van der Waals surface area contributed by atoms with E-state index >= 15 is 0 Å².